The first-order valence-corrected chi connectivity index (χ1v) is 15.6. The van der Waals surface area contributed by atoms with Gasteiger partial charge in [-0.05, 0) is 55.8 Å². The summed E-state index contributed by atoms with van der Waals surface area (Å²) in [5.74, 6) is -1.21. The van der Waals surface area contributed by atoms with Crippen LogP contribution in [0.2, 0.25) is 0 Å². The van der Waals surface area contributed by atoms with E-state index in [4.69, 9.17) is 29.1 Å². The number of rotatable bonds is 6. The molecule has 4 aromatic rings. The average molecular weight is 651 g/mol. The Hall–Kier alpha value is -4.41. The summed E-state index contributed by atoms with van der Waals surface area (Å²) in [6.45, 7) is -0.862. The summed E-state index contributed by atoms with van der Waals surface area (Å²) in [6.07, 6.45) is 6.60. The summed E-state index contributed by atoms with van der Waals surface area (Å²) in [6, 6.07) is 3.08. The molecular weight excluding hydrogens is 616 g/mol. The molecule has 0 radical (unpaired) electrons. The van der Waals surface area contributed by atoms with E-state index in [2.05, 4.69) is 20.9 Å². The zero-order valence-electron chi connectivity index (χ0n) is 27.5. The zero-order chi connectivity index (χ0) is 34.4. The number of pyridine rings is 1. The maximum Gasteiger partial charge on any atom is 0.319 e. The molecule has 9 nitrogen and oxygen atoms in total. The Morgan fingerprint density at radius 1 is 1.15 bits per heavy atom. The summed E-state index contributed by atoms with van der Waals surface area (Å²) in [7, 11) is 1.34. The van der Waals surface area contributed by atoms with Crippen LogP contribution in [0.4, 0.5) is 29.1 Å². The van der Waals surface area contributed by atoms with Crippen LogP contribution in [0.15, 0.2) is 18.2 Å². The molecule has 3 aliphatic heterocycles. The first-order valence-electron chi connectivity index (χ1n) is 16.6. The van der Waals surface area contributed by atoms with Crippen LogP contribution in [0.3, 0.4) is 0 Å². The highest BCUT2D eigenvalue weighted by Gasteiger charge is 2.50. The first-order chi connectivity index (χ1) is 23.5. The Balaban J connectivity index is 1.37. The summed E-state index contributed by atoms with van der Waals surface area (Å²) in [4.78, 5) is 17.3. The highest BCUT2D eigenvalue weighted by molar-refractivity contribution is 6.05. The van der Waals surface area contributed by atoms with E-state index < -0.39 is 47.3 Å². The third kappa shape index (κ3) is 4.80. The van der Waals surface area contributed by atoms with Crippen molar-refractivity contribution < 1.29 is 34.5 Å². The van der Waals surface area contributed by atoms with Gasteiger partial charge in [0.15, 0.2) is 17.5 Å². The van der Waals surface area contributed by atoms with Crippen LogP contribution in [-0.2, 0) is 4.74 Å². The number of anilines is 2. The smallest absolute Gasteiger partial charge is 0.319 e. The van der Waals surface area contributed by atoms with Gasteiger partial charge in [0.05, 0.1) is 33.1 Å². The van der Waals surface area contributed by atoms with Crippen molar-refractivity contribution in [2.75, 3.05) is 50.5 Å². The van der Waals surface area contributed by atoms with E-state index in [0.717, 1.165) is 6.07 Å². The number of nitrogens with zero attached hydrogens (tertiary/aromatic N) is 5. The number of hydrogen-bond donors (Lipinski definition) is 1. The van der Waals surface area contributed by atoms with E-state index >= 15 is 8.78 Å². The fourth-order valence-corrected chi connectivity index (χ4v) is 7.48. The second kappa shape index (κ2) is 11.1. The SMILES string of the molecule is [2H]C([2H])(Oc1nc(N2CCCO[C@H]3C[C@H]32)c2c(OC)nc(-c3cc(N)cc4cc(F)c(F)c(C#C)c34)c(F)c2n1)[C@@]12CCCN1C[C@H](F)C2. The molecule has 4 fully saturated rings. The van der Waals surface area contributed by atoms with Gasteiger partial charge in [-0.3, -0.25) is 4.90 Å². The summed E-state index contributed by atoms with van der Waals surface area (Å²) < 4.78 is 97.1. The van der Waals surface area contributed by atoms with Gasteiger partial charge in [-0.25, -0.2) is 22.5 Å². The lowest BCUT2D eigenvalue weighted by molar-refractivity contribution is 0.107. The van der Waals surface area contributed by atoms with Crippen LogP contribution in [0.5, 0.6) is 11.9 Å². The van der Waals surface area contributed by atoms with E-state index in [0.29, 0.717) is 45.4 Å². The molecule has 0 bridgehead atoms. The predicted molar refractivity (Wildman–Crippen MR) is 168 cm³/mol. The van der Waals surface area contributed by atoms with E-state index in [1.807, 2.05) is 4.90 Å². The highest BCUT2D eigenvalue weighted by Crippen LogP contribution is 2.45. The van der Waals surface area contributed by atoms with Crippen molar-refractivity contribution >= 4 is 33.2 Å². The Morgan fingerprint density at radius 3 is 2.81 bits per heavy atom. The molecule has 47 heavy (non-hydrogen) atoms. The third-order valence-electron chi connectivity index (χ3n) is 9.64. The molecule has 2 aromatic heterocycles. The fourth-order valence-electron chi connectivity index (χ4n) is 7.48. The Labute approximate surface area is 270 Å². The number of nitrogen functional groups attached to an aromatic ring is 1. The number of hydrogen-bond acceptors (Lipinski definition) is 9. The number of terminal acetylenes is 1. The molecule has 4 atom stereocenters. The lowest BCUT2D eigenvalue weighted by Crippen LogP contribution is -2.43. The van der Waals surface area contributed by atoms with Crippen molar-refractivity contribution in [2.45, 2.75) is 56.0 Å². The van der Waals surface area contributed by atoms with Gasteiger partial charge in [0.2, 0.25) is 5.88 Å². The second-order valence-corrected chi connectivity index (χ2v) is 12.5. The summed E-state index contributed by atoms with van der Waals surface area (Å²) in [5.41, 5.74) is 3.82. The van der Waals surface area contributed by atoms with Crippen LogP contribution in [0.1, 0.15) is 40.4 Å². The zero-order valence-corrected chi connectivity index (χ0v) is 25.5. The molecular formula is C34H32F4N6O3. The largest absolute Gasteiger partial charge is 0.480 e. The second-order valence-electron chi connectivity index (χ2n) is 12.5. The highest BCUT2D eigenvalue weighted by atomic mass is 19.2. The quantitative estimate of drug-likeness (QED) is 0.173. The Kier molecular flexibility index (Phi) is 6.53. The van der Waals surface area contributed by atoms with E-state index in [1.165, 1.54) is 19.2 Å². The monoisotopic (exact) mass is 650 g/mol. The minimum absolute atomic E-state index is 0.00147. The number of ether oxygens (including phenoxy) is 3. The molecule has 4 aliphatic rings. The van der Waals surface area contributed by atoms with E-state index in [-0.39, 0.29) is 75.4 Å². The maximum atomic E-state index is 17.1. The van der Waals surface area contributed by atoms with Crippen LogP contribution in [0.25, 0.3) is 32.9 Å². The summed E-state index contributed by atoms with van der Waals surface area (Å²) >= 11 is 0. The first kappa shape index (κ1) is 27.7. The van der Waals surface area contributed by atoms with Crippen molar-refractivity contribution in [3.8, 4) is 35.5 Å². The maximum absolute atomic E-state index is 17.1. The molecule has 1 aliphatic carbocycles. The number of benzene rings is 2. The molecule has 1 saturated carbocycles. The van der Waals surface area contributed by atoms with Gasteiger partial charge in [-0.15, -0.1) is 6.42 Å². The molecule has 0 spiro atoms. The number of nitrogens with two attached hydrogens (primary N) is 1. The fraction of sp³-hybridized carbons (Fsp3) is 0.441. The molecule has 2 aromatic carbocycles. The van der Waals surface area contributed by atoms with Gasteiger partial charge in [0, 0.05) is 42.8 Å². The van der Waals surface area contributed by atoms with Gasteiger partial charge in [0.25, 0.3) is 0 Å². The molecule has 8 rings (SSSR count). The molecule has 0 unspecified atom stereocenters. The normalized spacial score (nSPS) is 26.4. The number of halogens is 4. The van der Waals surface area contributed by atoms with Crippen molar-refractivity contribution in [3.05, 3.63) is 41.2 Å². The van der Waals surface area contributed by atoms with Crippen LogP contribution in [0, 0.1) is 29.8 Å². The number of fused-ring (bicyclic) bond motifs is 4. The Bertz CT molecular complexity index is 2080. The van der Waals surface area contributed by atoms with Crippen molar-refractivity contribution in [3.63, 3.8) is 0 Å². The third-order valence-corrected chi connectivity index (χ3v) is 9.64. The number of alkyl halides is 1. The summed E-state index contributed by atoms with van der Waals surface area (Å²) in [5, 5.41) is 0.214. The van der Waals surface area contributed by atoms with Gasteiger partial charge in [0.1, 0.15) is 35.1 Å². The van der Waals surface area contributed by atoms with Crippen LogP contribution < -0.4 is 20.1 Å². The predicted octanol–water partition coefficient (Wildman–Crippen LogP) is 5.16. The molecule has 13 heteroatoms. The lowest BCUT2D eigenvalue weighted by Gasteiger charge is -2.31. The Morgan fingerprint density at radius 2 is 2.00 bits per heavy atom. The molecule has 244 valence electrons. The van der Waals surface area contributed by atoms with Crippen LogP contribution in [-0.4, -0.2) is 83.6 Å². The van der Waals surface area contributed by atoms with E-state index in [9.17, 15) is 8.78 Å². The standard InChI is InChI=1S/C34H32F4N6O3/c1-3-20-25-17(11-22(36)27(20)37)10-19(39)12-21(25)29-28(38)30-26(32(40-29)45-2)31(44-8-5-9-46-24-13-23(24)44)42-33(41-30)47-16-34-6-4-7-43(34)15-18(35)14-34/h1,10-12,18,23-24H,4-9,13-16,39H2,2H3/t18-,23-,24+,34+/m1/s1/i16D2. The number of methoxy groups -OCH3 is 1. The molecule has 2 N–H and O–H groups in total. The minimum Gasteiger partial charge on any atom is -0.480 e. The molecule has 0 amide bonds. The van der Waals surface area contributed by atoms with Crippen LogP contribution >= 0.6 is 0 Å². The lowest BCUT2D eigenvalue weighted by atomic mass is 9.95. The minimum atomic E-state index is -2.46. The molecule has 3 saturated heterocycles. The van der Waals surface area contributed by atoms with Gasteiger partial charge in [-0.2, -0.15) is 9.97 Å². The van der Waals surface area contributed by atoms with Gasteiger partial charge in [-0.1, -0.05) is 5.92 Å². The van der Waals surface area contributed by atoms with Crippen molar-refractivity contribution in [2.24, 2.45) is 0 Å². The topological polar surface area (TPSA) is 98.9 Å². The molecule has 5 heterocycles. The van der Waals surface area contributed by atoms with Gasteiger partial charge < -0.3 is 24.8 Å². The average Bonchev–Trinajstić information content (AvgIpc) is 3.64. The van der Waals surface area contributed by atoms with Crippen molar-refractivity contribution in [1.82, 2.24) is 19.9 Å². The van der Waals surface area contributed by atoms with E-state index in [1.54, 1.807) is 4.90 Å². The van der Waals surface area contributed by atoms with Crippen molar-refractivity contribution in [1.29, 1.82) is 0 Å². The van der Waals surface area contributed by atoms with Gasteiger partial charge >= 0.3 is 6.01 Å². The number of aromatic nitrogens is 3.